The molecular formula is C16H13ClN2OS. The quantitative estimate of drug-likeness (QED) is 0.617. The van der Waals surface area contributed by atoms with Crippen LogP contribution in [0.1, 0.15) is 18.1 Å². The van der Waals surface area contributed by atoms with Crippen molar-refractivity contribution in [3.63, 3.8) is 0 Å². The summed E-state index contributed by atoms with van der Waals surface area (Å²) in [4.78, 5) is 1.01. The number of aromatic nitrogens is 2. The molecule has 0 N–H and O–H groups in total. The molecule has 3 rings (SSSR count). The molecular weight excluding hydrogens is 304 g/mol. The normalized spacial score (nSPS) is 12.3. The Morgan fingerprint density at radius 2 is 1.71 bits per heavy atom. The maximum Gasteiger partial charge on any atom is 0.247 e. The van der Waals surface area contributed by atoms with Crippen molar-refractivity contribution < 1.29 is 4.42 Å². The van der Waals surface area contributed by atoms with Crippen LogP contribution in [0.5, 0.6) is 0 Å². The van der Waals surface area contributed by atoms with E-state index in [4.69, 9.17) is 16.0 Å². The fourth-order valence-corrected chi connectivity index (χ4v) is 3.06. The first kappa shape index (κ1) is 14.2. The zero-order valence-corrected chi connectivity index (χ0v) is 12.9. The van der Waals surface area contributed by atoms with Crippen LogP contribution in [0, 0.1) is 0 Å². The lowest BCUT2D eigenvalue weighted by atomic mass is 10.2. The van der Waals surface area contributed by atoms with Gasteiger partial charge in [-0.2, -0.15) is 0 Å². The summed E-state index contributed by atoms with van der Waals surface area (Å²) in [5, 5.41) is 9.02. The summed E-state index contributed by atoms with van der Waals surface area (Å²) in [5.74, 6) is 1.14. The van der Waals surface area contributed by atoms with Crippen LogP contribution in [0.3, 0.4) is 0 Å². The van der Waals surface area contributed by atoms with Gasteiger partial charge in [0.2, 0.25) is 11.8 Å². The van der Waals surface area contributed by atoms with Crippen LogP contribution in [-0.2, 0) is 0 Å². The molecule has 0 aliphatic rings. The van der Waals surface area contributed by atoms with Crippen LogP contribution >= 0.6 is 23.4 Å². The Bertz CT molecular complexity index is 730. The molecule has 0 amide bonds. The monoisotopic (exact) mass is 316 g/mol. The molecule has 3 aromatic rings. The highest BCUT2D eigenvalue weighted by Crippen LogP contribution is 2.38. The Morgan fingerprint density at radius 3 is 2.48 bits per heavy atom. The van der Waals surface area contributed by atoms with Gasteiger partial charge in [-0.25, -0.2) is 0 Å². The van der Waals surface area contributed by atoms with E-state index >= 15 is 0 Å². The van der Waals surface area contributed by atoms with Crippen LogP contribution in [0.4, 0.5) is 0 Å². The van der Waals surface area contributed by atoms with Crippen LogP contribution in [-0.4, -0.2) is 10.2 Å². The van der Waals surface area contributed by atoms with Gasteiger partial charge in [0.1, 0.15) is 0 Å². The van der Waals surface area contributed by atoms with E-state index in [2.05, 4.69) is 10.2 Å². The highest BCUT2D eigenvalue weighted by atomic mass is 35.5. The maximum atomic E-state index is 6.17. The van der Waals surface area contributed by atoms with Crippen LogP contribution in [0.25, 0.3) is 11.5 Å². The summed E-state index contributed by atoms with van der Waals surface area (Å²) >= 11 is 7.77. The maximum absolute atomic E-state index is 6.17. The molecule has 3 nitrogen and oxygen atoms in total. The first-order chi connectivity index (χ1) is 10.2. The molecule has 0 bridgehead atoms. The minimum Gasteiger partial charge on any atom is -0.419 e. The van der Waals surface area contributed by atoms with E-state index < -0.39 is 0 Å². The molecule has 1 heterocycles. The lowest BCUT2D eigenvalue weighted by Crippen LogP contribution is -1.88. The molecule has 0 spiro atoms. The summed E-state index contributed by atoms with van der Waals surface area (Å²) < 4.78 is 5.76. The van der Waals surface area contributed by atoms with E-state index in [-0.39, 0.29) is 5.25 Å². The third-order valence-corrected chi connectivity index (χ3v) is 4.56. The van der Waals surface area contributed by atoms with Gasteiger partial charge in [-0.05, 0) is 31.2 Å². The molecule has 0 saturated heterocycles. The van der Waals surface area contributed by atoms with E-state index in [1.165, 1.54) is 0 Å². The second-order valence-corrected chi connectivity index (χ2v) is 6.29. The van der Waals surface area contributed by atoms with Gasteiger partial charge >= 0.3 is 0 Å². The van der Waals surface area contributed by atoms with Gasteiger partial charge in [-0.15, -0.1) is 22.0 Å². The average Bonchev–Trinajstić information content (AvgIpc) is 3.00. The topological polar surface area (TPSA) is 38.9 Å². The van der Waals surface area contributed by atoms with Crippen molar-refractivity contribution in [3.8, 4) is 11.5 Å². The molecule has 0 fully saturated rings. The van der Waals surface area contributed by atoms with Crippen molar-refractivity contribution >= 4 is 23.4 Å². The van der Waals surface area contributed by atoms with Crippen LogP contribution < -0.4 is 0 Å². The largest absolute Gasteiger partial charge is 0.419 e. The van der Waals surface area contributed by atoms with Gasteiger partial charge in [0.15, 0.2) is 0 Å². The van der Waals surface area contributed by atoms with Gasteiger partial charge in [-0.1, -0.05) is 41.9 Å². The predicted octanol–water partition coefficient (Wildman–Crippen LogP) is 5.24. The number of rotatable bonds is 4. The third kappa shape index (κ3) is 3.28. The Kier molecular flexibility index (Phi) is 4.27. The number of thioether (sulfide) groups is 1. The molecule has 1 atom stereocenters. The summed E-state index contributed by atoms with van der Waals surface area (Å²) in [7, 11) is 0. The van der Waals surface area contributed by atoms with E-state index in [0.717, 1.165) is 15.5 Å². The molecule has 5 heteroatoms. The smallest absolute Gasteiger partial charge is 0.247 e. The van der Waals surface area contributed by atoms with Gasteiger partial charge in [0, 0.05) is 10.5 Å². The van der Waals surface area contributed by atoms with Crippen LogP contribution in [0.2, 0.25) is 5.02 Å². The van der Waals surface area contributed by atoms with E-state index in [1.807, 2.05) is 61.5 Å². The van der Waals surface area contributed by atoms with Gasteiger partial charge < -0.3 is 4.42 Å². The minimum atomic E-state index is 0.0369. The standard InChI is InChI=1S/C16H13ClN2OS/c1-11(21-14-10-6-5-9-13(14)17)15-18-19-16(20-15)12-7-3-2-4-8-12/h2-11H,1H3. The first-order valence-electron chi connectivity index (χ1n) is 6.54. The molecule has 0 saturated carbocycles. The van der Waals surface area contributed by atoms with Crippen molar-refractivity contribution in [3.05, 3.63) is 65.5 Å². The number of hydrogen-bond acceptors (Lipinski definition) is 4. The molecule has 1 unspecified atom stereocenters. The molecule has 0 aliphatic heterocycles. The third-order valence-electron chi connectivity index (χ3n) is 2.95. The summed E-state index contributed by atoms with van der Waals surface area (Å²) in [6, 6.07) is 17.5. The highest BCUT2D eigenvalue weighted by molar-refractivity contribution is 7.99. The van der Waals surface area contributed by atoms with Gasteiger partial charge in [-0.3, -0.25) is 0 Å². The van der Waals surface area contributed by atoms with Gasteiger partial charge in [0.05, 0.1) is 10.3 Å². The van der Waals surface area contributed by atoms with Crippen molar-refractivity contribution in [1.82, 2.24) is 10.2 Å². The zero-order valence-electron chi connectivity index (χ0n) is 11.4. The Morgan fingerprint density at radius 1 is 1.00 bits per heavy atom. The second-order valence-electron chi connectivity index (χ2n) is 4.50. The van der Waals surface area contributed by atoms with Gasteiger partial charge in [0.25, 0.3) is 0 Å². The van der Waals surface area contributed by atoms with Crippen molar-refractivity contribution in [1.29, 1.82) is 0 Å². The first-order valence-corrected chi connectivity index (χ1v) is 7.80. The van der Waals surface area contributed by atoms with Crippen LogP contribution in [0.15, 0.2) is 63.9 Å². The van der Waals surface area contributed by atoms with E-state index in [9.17, 15) is 0 Å². The van der Waals surface area contributed by atoms with E-state index in [0.29, 0.717) is 11.8 Å². The highest BCUT2D eigenvalue weighted by Gasteiger charge is 2.17. The fraction of sp³-hybridized carbons (Fsp3) is 0.125. The van der Waals surface area contributed by atoms with Crippen molar-refractivity contribution in [2.45, 2.75) is 17.1 Å². The number of hydrogen-bond donors (Lipinski definition) is 0. The van der Waals surface area contributed by atoms with Crippen molar-refractivity contribution in [2.75, 3.05) is 0 Å². The molecule has 0 radical (unpaired) electrons. The summed E-state index contributed by atoms with van der Waals surface area (Å²) in [5.41, 5.74) is 0.922. The lowest BCUT2D eigenvalue weighted by Gasteiger charge is -2.07. The van der Waals surface area contributed by atoms with Crippen molar-refractivity contribution in [2.24, 2.45) is 0 Å². The SMILES string of the molecule is CC(Sc1ccccc1Cl)c1nnc(-c2ccccc2)o1. The number of benzene rings is 2. The average molecular weight is 317 g/mol. The summed E-state index contributed by atoms with van der Waals surface area (Å²) in [6.45, 7) is 2.02. The summed E-state index contributed by atoms with van der Waals surface area (Å²) in [6.07, 6.45) is 0. The lowest BCUT2D eigenvalue weighted by molar-refractivity contribution is 0.509. The molecule has 106 valence electrons. The second kappa shape index (κ2) is 6.33. The molecule has 0 aliphatic carbocycles. The number of halogens is 1. The molecule has 1 aromatic heterocycles. The zero-order chi connectivity index (χ0) is 14.7. The molecule has 2 aromatic carbocycles. The number of nitrogens with zero attached hydrogens (tertiary/aromatic N) is 2. The fourth-order valence-electron chi connectivity index (χ4n) is 1.88. The Balaban J connectivity index is 1.79. The Hall–Kier alpha value is -1.78. The predicted molar refractivity (Wildman–Crippen MR) is 85.5 cm³/mol. The van der Waals surface area contributed by atoms with E-state index in [1.54, 1.807) is 11.8 Å². The minimum absolute atomic E-state index is 0.0369. The Labute approximate surface area is 132 Å². The molecule has 21 heavy (non-hydrogen) atoms.